The lowest BCUT2D eigenvalue weighted by atomic mass is 10.1. The highest BCUT2D eigenvalue weighted by molar-refractivity contribution is 9.10. The predicted molar refractivity (Wildman–Crippen MR) is 65.6 cm³/mol. The van der Waals surface area contributed by atoms with Crippen LogP contribution in [0.25, 0.3) is 11.1 Å². The van der Waals surface area contributed by atoms with Crippen molar-refractivity contribution >= 4 is 38.6 Å². The van der Waals surface area contributed by atoms with E-state index in [2.05, 4.69) is 20.9 Å². The lowest BCUT2D eigenvalue weighted by Gasteiger charge is -2.04. The summed E-state index contributed by atoms with van der Waals surface area (Å²) in [7, 11) is 0. The Labute approximate surface area is 102 Å². The Hall–Kier alpha value is -0.540. The van der Waals surface area contributed by atoms with Crippen LogP contribution in [-0.2, 0) is 6.42 Å². The first-order valence-electron chi connectivity index (χ1n) is 4.79. The van der Waals surface area contributed by atoms with E-state index < -0.39 is 0 Å². The van der Waals surface area contributed by atoms with Crippen molar-refractivity contribution in [2.45, 2.75) is 27.2 Å². The first kappa shape index (κ1) is 11.0. The van der Waals surface area contributed by atoms with E-state index in [-0.39, 0.29) is 0 Å². The molecule has 4 heteroatoms. The number of aromatic nitrogens is 1. The Bertz CT molecular complexity index is 488. The van der Waals surface area contributed by atoms with Crippen LogP contribution in [0.2, 0.25) is 5.02 Å². The monoisotopic (exact) mass is 287 g/mol. The van der Waals surface area contributed by atoms with Crippen molar-refractivity contribution in [1.29, 1.82) is 0 Å². The van der Waals surface area contributed by atoms with E-state index >= 15 is 0 Å². The van der Waals surface area contributed by atoms with Gasteiger partial charge in [0.25, 0.3) is 0 Å². The number of rotatable bonds is 1. The topological polar surface area (TPSA) is 26.0 Å². The van der Waals surface area contributed by atoms with E-state index in [4.69, 9.17) is 16.0 Å². The van der Waals surface area contributed by atoms with Gasteiger partial charge in [-0.1, -0.05) is 18.5 Å². The molecule has 2 aromatic rings. The van der Waals surface area contributed by atoms with Crippen molar-refractivity contribution in [1.82, 2.24) is 4.98 Å². The Kier molecular flexibility index (Phi) is 2.77. The van der Waals surface area contributed by atoms with Crippen LogP contribution >= 0.6 is 27.5 Å². The molecule has 0 aliphatic carbocycles. The normalized spacial score (nSPS) is 11.3. The zero-order chi connectivity index (χ0) is 11.2. The maximum absolute atomic E-state index is 6.20. The summed E-state index contributed by atoms with van der Waals surface area (Å²) in [5.41, 5.74) is 3.64. The molecule has 0 saturated carbocycles. The number of nitrogens with zero attached hydrogens (tertiary/aromatic N) is 1. The minimum atomic E-state index is 0.746. The highest BCUT2D eigenvalue weighted by Gasteiger charge is 2.16. The molecule has 0 spiro atoms. The molecule has 0 N–H and O–H groups in total. The molecule has 1 aromatic carbocycles. The highest BCUT2D eigenvalue weighted by atomic mass is 79.9. The van der Waals surface area contributed by atoms with E-state index in [0.29, 0.717) is 0 Å². The van der Waals surface area contributed by atoms with Crippen LogP contribution in [0.1, 0.15) is 23.9 Å². The van der Waals surface area contributed by atoms with E-state index in [0.717, 1.165) is 44.0 Å². The molecule has 1 heterocycles. The average molecular weight is 289 g/mol. The summed E-state index contributed by atoms with van der Waals surface area (Å²) in [6.45, 7) is 5.95. The van der Waals surface area contributed by atoms with Crippen LogP contribution < -0.4 is 0 Å². The van der Waals surface area contributed by atoms with Gasteiger partial charge in [-0.15, -0.1) is 0 Å². The molecule has 15 heavy (non-hydrogen) atoms. The minimum absolute atomic E-state index is 0.746. The molecule has 0 bridgehead atoms. The third kappa shape index (κ3) is 1.58. The fraction of sp³-hybridized carbons (Fsp3) is 0.364. The van der Waals surface area contributed by atoms with Gasteiger partial charge in [0.2, 0.25) is 0 Å². The van der Waals surface area contributed by atoms with Crippen molar-refractivity contribution in [3.63, 3.8) is 0 Å². The second-order valence-corrected chi connectivity index (χ2v) is 4.69. The molecular formula is C11H11BrClNO. The van der Waals surface area contributed by atoms with Gasteiger partial charge in [-0.3, -0.25) is 0 Å². The van der Waals surface area contributed by atoms with Crippen molar-refractivity contribution in [2.24, 2.45) is 0 Å². The molecule has 80 valence electrons. The van der Waals surface area contributed by atoms with Gasteiger partial charge >= 0.3 is 0 Å². The van der Waals surface area contributed by atoms with Gasteiger partial charge in [0.05, 0.1) is 4.47 Å². The number of fused-ring (bicyclic) bond motifs is 1. The fourth-order valence-electron chi connectivity index (χ4n) is 1.57. The number of hydrogen-bond donors (Lipinski definition) is 0. The van der Waals surface area contributed by atoms with Crippen LogP contribution in [0.5, 0.6) is 0 Å². The van der Waals surface area contributed by atoms with Gasteiger partial charge < -0.3 is 4.42 Å². The highest BCUT2D eigenvalue weighted by Crippen LogP contribution is 2.36. The van der Waals surface area contributed by atoms with Crippen molar-refractivity contribution in [3.05, 3.63) is 26.5 Å². The van der Waals surface area contributed by atoms with E-state index in [1.807, 2.05) is 20.8 Å². The van der Waals surface area contributed by atoms with Crippen LogP contribution in [0.15, 0.2) is 8.89 Å². The number of benzene rings is 1. The number of aryl methyl sites for hydroxylation is 2. The Morgan fingerprint density at radius 2 is 2.00 bits per heavy atom. The summed E-state index contributed by atoms with van der Waals surface area (Å²) in [5.74, 6) is 0.746. The number of hydrogen-bond acceptors (Lipinski definition) is 2. The molecule has 2 nitrogen and oxygen atoms in total. The zero-order valence-electron chi connectivity index (χ0n) is 8.82. The third-order valence-corrected chi connectivity index (χ3v) is 4.04. The minimum Gasteiger partial charge on any atom is -0.439 e. The smallest absolute Gasteiger partial charge is 0.195 e. The van der Waals surface area contributed by atoms with E-state index in [1.54, 1.807) is 0 Å². The van der Waals surface area contributed by atoms with Gasteiger partial charge in [-0.25, -0.2) is 4.98 Å². The van der Waals surface area contributed by atoms with Gasteiger partial charge in [0, 0.05) is 11.4 Å². The van der Waals surface area contributed by atoms with Crippen molar-refractivity contribution in [2.75, 3.05) is 0 Å². The molecule has 2 rings (SSSR count). The largest absolute Gasteiger partial charge is 0.439 e. The zero-order valence-corrected chi connectivity index (χ0v) is 11.2. The van der Waals surface area contributed by atoms with E-state index in [9.17, 15) is 0 Å². The summed E-state index contributed by atoms with van der Waals surface area (Å²) in [4.78, 5) is 4.41. The summed E-state index contributed by atoms with van der Waals surface area (Å²) >= 11 is 9.69. The molecule has 0 aliphatic heterocycles. The van der Waals surface area contributed by atoms with Crippen LogP contribution in [-0.4, -0.2) is 4.98 Å². The van der Waals surface area contributed by atoms with Crippen LogP contribution in [0.4, 0.5) is 0 Å². The van der Waals surface area contributed by atoms with Gasteiger partial charge in [0.1, 0.15) is 5.52 Å². The van der Waals surface area contributed by atoms with Crippen LogP contribution in [0, 0.1) is 13.8 Å². The molecule has 0 saturated heterocycles. The molecule has 1 aromatic heterocycles. The third-order valence-electron chi connectivity index (χ3n) is 2.52. The van der Waals surface area contributed by atoms with Crippen molar-refractivity contribution < 1.29 is 4.42 Å². The first-order valence-corrected chi connectivity index (χ1v) is 5.97. The lowest BCUT2D eigenvalue weighted by molar-refractivity contribution is 0.536. The first-order chi connectivity index (χ1) is 7.06. The Morgan fingerprint density at radius 1 is 1.33 bits per heavy atom. The lowest BCUT2D eigenvalue weighted by Crippen LogP contribution is -1.86. The molecule has 0 fully saturated rings. The summed E-state index contributed by atoms with van der Waals surface area (Å²) in [6.07, 6.45) is 0.789. The number of halogens is 2. The van der Waals surface area contributed by atoms with Crippen LogP contribution in [0.3, 0.4) is 0 Å². The quantitative estimate of drug-likeness (QED) is 0.776. The standard InChI is InChI=1S/C11H11BrClNO/c1-4-7-14-10-6(3)9(13)5(2)8(12)11(10)15-7/h4H2,1-3H3. The second-order valence-electron chi connectivity index (χ2n) is 3.52. The van der Waals surface area contributed by atoms with Crippen molar-refractivity contribution in [3.8, 4) is 0 Å². The molecule has 0 atom stereocenters. The second kappa shape index (κ2) is 3.80. The Balaban J connectivity index is 2.90. The average Bonchev–Trinajstić information content (AvgIpc) is 2.67. The summed E-state index contributed by atoms with van der Waals surface area (Å²) in [6, 6.07) is 0. The van der Waals surface area contributed by atoms with Gasteiger partial charge in [-0.2, -0.15) is 0 Å². The van der Waals surface area contributed by atoms with Gasteiger partial charge in [-0.05, 0) is 40.9 Å². The summed E-state index contributed by atoms with van der Waals surface area (Å²) in [5, 5.41) is 0.755. The maximum atomic E-state index is 6.20. The molecule has 0 aliphatic rings. The maximum Gasteiger partial charge on any atom is 0.195 e. The predicted octanol–water partition coefficient (Wildman–Crippen LogP) is 4.42. The molecule has 0 amide bonds. The molecule has 0 radical (unpaired) electrons. The molecule has 0 unspecified atom stereocenters. The van der Waals surface area contributed by atoms with E-state index in [1.165, 1.54) is 0 Å². The summed E-state index contributed by atoms with van der Waals surface area (Å²) < 4.78 is 6.55. The Morgan fingerprint density at radius 3 is 2.60 bits per heavy atom. The fourth-order valence-corrected chi connectivity index (χ4v) is 2.34. The van der Waals surface area contributed by atoms with Gasteiger partial charge in [0.15, 0.2) is 11.5 Å². The molecular weight excluding hydrogens is 277 g/mol. The SMILES string of the molecule is CCc1nc2c(C)c(Cl)c(C)c(Br)c2o1. The number of oxazole rings is 1.